The average Bonchev–Trinajstić information content (AvgIpc) is 3.16. The zero-order chi connectivity index (χ0) is 21.8. The van der Waals surface area contributed by atoms with Crippen molar-refractivity contribution in [3.63, 3.8) is 0 Å². The van der Waals surface area contributed by atoms with Crippen LogP contribution in [0.2, 0.25) is 0 Å². The molecule has 0 N–H and O–H groups in total. The van der Waals surface area contributed by atoms with Gasteiger partial charge < -0.3 is 9.47 Å². The lowest BCUT2D eigenvalue weighted by Crippen LogP contribution is -2.60. The molecular formula is C27H42F2O2. The van der Waals surface area contributed by atoms with E-state index in [9.17, 15) is 0 Å². The Morgan fingerprint density at radius 3 is 2.42 bits per heavy atom. The van der Waals surface area contributed by atoms with Crippen LogP contribution in [0.15, 0.2) is 0 Å². The van der Waals surface area contributed by atoms with Gasteiger partial charge in [-0.2, -0.15) is 0 Å². The second-order valence-corrected chi connectivity index (χ2v) is 13.0. The Labute approximate surface area is 187 Å². The molecule has 11 atom stereocenters. The molecule has 2 saturated heterocycles. The Hall–Kier alpha value is -0.220. The maximum Gasteiger partial charge on any atom is 0.253 e. The van der Waals surface area contributed by atoms with Crippen molar-refractivity contribution in [2.45, 2.75) is 110 Å². The van der Waals surface area contributed by atoms with E-state index in [0.717, 1.165) is 51.6 Å². The van der Waals surface area contributed by atoms with Crippen LogP contribution >= 0.6 is 0 Å². The number of ether oxygens (including phenoxy) is 2. The molecule has 6 rings (SSSR count). The minimum absolute atomic E-state index is 0.106. The van der Waals surface area contributed by atoms with Crippen molar-refractivity contribution in [2.75, 3.05) is 6.61 Å². The zero-order valence-corrected chi connectivity index (χ0v) is 20.0. The molecule has 176 valence electrons. The first-order chi connectivity index (χ1) is 14.6. The monoisotopic (exact) mass is 436 g/mol. The van der Waals surface area contributed by atoms with Gasteiger partial charge >= 0.3 is 0 Å². The number of hydrogen-bond donors (Lipinski definition) is 0. The van der Waals surface area contributed by atoms with E-state index in [1.54, 1.807) is 0 Å². The molecule has 2 heterocycles. The molecule has 6 fully saturated rings. The van der Waals surface area contributed by atoms with Gasteiger partial charge in [0.2, 0.25) is 0 Å². The van der Waals surface area contributed by atoms with Crippen molar-refractivity contribution >= 4 is 0 Å². The fraction of sp³-hybridized carbons (Fsp3) is 1.00. The molecule has 4 heteroatoms. The van der Waals surface area contributed by atoms with E-state index in [4.69, 9.17) is 9.47 Å². The van der Waals surface area contributed by atoms with Crippen molar-refractivity contribution in [3.8, 4) is 0 Å². The maximum absolute atomic E-state index is 15.5. The molecule has 0 aromatic carbocycles. The number of alkyl halides is 2. The number of fused-ring (bicyclic) bond motifs is 7. The van der Waals surface area contributed by atoms with E-state index >= 15 is 8.78 Å². The van der Waals surface area contributed by atoms with Crippen molar-refractivity contribution in [3.05, 3.63) is 0 Å². The van der Waals surface area contributed by atoms with E-state index in [1.807, 2.05) is 6.92 Å². The minimum atomic E-state index is -2.50. The second kappa shape index (κ2) is 6.68. The summed E-state index contributed by atoms with van der Waals surface area (Å²) in [5.74, 6) is 0.0628. The van der Waals surface area contributed by atoms with Crippen LogP contribution in [-0.4, -0.2) is 24.4 Å². The highest BCUT2D eigenvalue weighted by Gasteiger charge is 2.71. The lowest BCUT2D eigenvalue weighted by molar-refractivity contribution is -0.275. The summed E-state index contributed by atoms with van der Waals surface area (Å²) in [4.78, 5) is 0. The first-order valence-electron chi connectivity index (χ1n) is 13.3. The largest absolute Gasteiger partial charge is 0.349 e. The lowest BCUT2D eigenvalue weighted by Gasteiger charge is -2.62. The van der Waals surface area contributed by atoms with Gasteiger partial charge in [-0.3, -0.25) is 0 Å². The summed E-state index contributed by atoms with van der Waals surface area (Å²) in [6.45, 7) is 9.93. The topological polar surface area (TPSA) is 18.5 Å². The summed E-state index contributed by atoms with van der Waals surface area (Å²) in [5, 5.41) is 0. The van der Waals surface area contributed by atoms with Crippen LogP contribution in [0, 0.1) is 52.3 Å². The first-order valence-corrected chi connectivity index (χ1v) is 13.3. The molecular weight excluding hydrogens is 394 g/mol. The SMILES string of the molecule is C[C@@H]1CC[C@@]2(OC1)O[C@H]1C[C@H]3[C@@H]4CC[C@@H]5CCCC(F)(F)[C@]5(C)[C@H]4CC[C@]3(C)[C@H]1[C@@H]2C. The maximum atomic E-state index is 15.5. The number of hydrogen-bond acceptors (Lipinski definition) is 2. The van der Waals surface area contributed by atoms with E-state index in [-0.39, 0.29) is 35.6 Å². The van der Waals surface area contributed by atoms with Gasteiger partial charge in [0.25, 0.3) is 5.92 Å². The summed E-state index contributed by atoms with van der Waals surface area (Å²) < 4.78 is 44.1. The molecule has 0 radical (unpaired) electrons. The molecule has 0 aromatic rings. The van der Waals surface area contributed by atoms with Crippen molar-refractivity contribution in [1.29, 1.82) is 0 Å². The first kappa shape index (κ1) is 21.3. The Kier molecular flexibility index (Phi) is 4.59. The van der Waals surface area contributed by atoms with Crippen molar-refractivity contribution in [2.24, 2.45) is 52.3 Å². The van der Waals surface area contributed by atoms with Crippen LogP contribution in [-0.2, 0) is 9.47 Å². The molecule has 2 aliphatic heterocycles. The van der Waals surface area contributed by atoms with E-state index < -0.39 is 11.3 Å². The number of rotatable bonds is 0. The van der Waals surface area contributed by atoms with Crippen molar-refractivity contribution in [1.82, 2.24) is 0 Å². The molecule has 0 aromatic heterocycles. The predicted molar refractivity (Wildman–Crippen MR) is 117 cm³/mol. The van der Waals surface area contributed by atoms with E-state index in [1.165, 1.54) is 6.42 Å². The van der Waals surface area contributed by atoms with Gasteiger partial charge in [-0.15, -0.1) is 0 Å². The minimum Gasteiger partial charge on any atom is -0.349 e. The lowest BCUT2D eigenvalue weighted by atomic mass is 9.43. The van der Waals surface area contributed by atoms with Gasteiger partial charge in [0.05, 0.1) is 12.7 Å². The molecule has 6 aliphatic rings. The molecule has 0 bridgehead atoms. The van der Waals surface area contributed by atoms with Gasteiger partial charge in [-0.25, -0.2) is 8.78 Å². The summed E-state index contributed by atoms with van der Waals surface area (Å²) in [6, 6.07) is 0. The highest BCUT2D eigenvalue weighted by atomic mass is 19.3. The third kappa shape index (κ3) is 2.61. The van der Waals surface area contributed by atoms with Gasteiger partial charge in [0.1, 0.15) is 0 Å². The van der Waals surface area contributed by atoms with Crippen LogP contribution < -0.4 is 0 Å². The quantitative estimate of drug-likeness (QED) is 0.404. The van der Waals surface area contributed by atoms with Gasteiger partial charge in [-0.1, -0.05) is 27.7 Å². The van der Waals surface area contributed by atoms with Gasteiger partial charge in [0, 0.05) is 24.2 Å². The fourth-order valence-electron chi connectivity index (χ4n) is 10.3. The number of halogens is 2. The van der Waals surface area contributed by atoms with Gasteiger partial charge in [0.15, 0.2) is 5.79 Å². The molecule has 0 amide bonds. The third-order valence-corrected chi connectivity index (χ3v) is 12.0. The normalized spacial score (nSPS) is 60.2. The molecule has 2 nitrogen and oxygen atoms in total. The molecule has 0 unspecified atom stereocenters. The van der Waals surface area contributed by atoms with E-state index in [0.29, 0.717) is 36.0 Å². The molecule has 4 aliphatic carbocycles. The van der Waals surface area contributed by atoms with E-state index in [2.05, 4.69) is 20.8 Å². The van der Waals surface area contributed by atoms with Crippen LogP contribution in [0.5, 0.6) is 0 Å². The molecule has 4 saturated carbocycles. The van der Waals surface area contributed by atoms with Crippen LogP contribution in [0.4, 0.5) is 8.78 Å². The summed E-state index contributed by atoms with van der Waals surface area (Å²) in [5.41, 5.74) is -0.572. The summed E-state index contributed by atoms with van der Waals surface area (Å²) in [6.07, 6.45) is 9.61. The molecule has 1 spiro atoms. The smallest absolute Gasteiger partial charge is 0.253 e. The van der Waals surface area contributed by atoms with Gasteiger partial charge in [-0.05, 0) is 92.3 Å². The zero-order valence-electron chi connectivity index (χ0n) is 20.0. The summed E-state index contributed by atoms with van der Waals surface area (Å²) >= 11 is 0. The Balaban J connectivity index is 1.29. The Morgan fingerprint density at radius 1 is 0.871 bits per heavy atom. The summed E-state index contributed by atoms with van der Waals surface area (Å²) in [7, 11) is 0. The van der Waals surface area contributed by atoms with Crippen LogP contribution in [0.3, 0.4) is 0 Å². The highest BCUT2D eigenvalue weighted by molar-refractivity contribution is 5.16. The van der Waals surface area contributed by atoms with Crippen molar-refractivity contribution < 1.29 is 18.3 Å². The Morgan fingerprint density at radius 2 is 1.68 bits per heavy atom. The average molecular weight is 437 g/mol. The highest BCUT2D eigenvalue weighted by Crippen LogP contribution is 2.72. The standard InChI is InChI=1S/C27H42F2O2/c1-16-9-13-26(30-15-16)17(2)23-22(31-26)14-21-19-8-7-18-6-5-11-27(28,29)25(18,4)20(19)10-12-24(21,23)3/h16-23H,5-15H2,1-4H3/t16-,17+,18+,19-,20+,21+,22+,23+,24+,25+,26-/m1/s1. The third-order valence-electron chi connectivity index (χ3n) is 12.0. The molecule has 31 heavy (non-hydrogen) atoms. The Bertz CT molecular complexity index is 731. The van der Waals surface area contributed by atoms with Crippen LogP contribution in [0.25, 0.3) is 0 Å². The van der Waals surface area contributed by atoms with Crippen LogP contribution in [0.1, 0.15) is 91.9 Å². The fourth-order valence-corrected chi connectivity index (χ4v) is 10.3. The second-order valence-electron chi connectivity index (χ2n) is 13.0. The predicted octanol–water partition coefficient (Wildman–Crippen LogP) is 7.07.